The van der Waals surface area contributed by atoms with Gasteiger partial charge < -0.3 is 11.1 Å². The molecule has 1 aromatic rings. The van der Waals surface area contributed by atoms with Crippen LogP contribution in [-0.2, 0) is 14.8 Å². The number of hydrogen-bond donors (Lipinski definition) is 2. The van der Waals surface area contributed by atoms with Crippen LogP contribution in [0.1, 0.15) is 37.8 Å². The molecular formula is C18H29N3O3S. The van der Waals surface area contributed by atoms with Crippen LogP contribution >= 0.6 is 0 Å². The fourth-order valence-corrected chi connectivity index (χ4v) is 4.42. The van der Waals surface area contributed by atoms with Gasteiger partial charge in [-0.15, -0.1) is 0 Å². The Hall–Kier alpha value is -1.44. The van der Waals surface area contributed by atoms with Crippen LogP contribution in [0.3, 0.4) is 0 Å². The van der Waals surface area contributed by atoms with Crippen molar-refractivity contribution < 1.29 is 13.2 Å². The Labute approximate surface area is 150 Å². The molecule has 1 heterocycles. The number of nitrogens with one attached hydrogen (secondary N) is 1. The first-order valence-electron chi connectivity index (χ1n) is 8.66. The number of hydrogen-bond acceptors (Lipinski definition) is 4. The van der Waals surface area contributed by atoms with Gasteiger partial charge >= 0.3 is 0 Å². The minimum absolute atomic E-state index is 0.0429. The molecule has 0 atom stereocenters. The molecule has 1 aliphatic heterocycles. The van der Waals surface area contributed by atoms with Gasteiger partial charge in [0.1, 0.15) is 0 Å². The van der Waals surface area contributed by atoms with Gasteiger partial charge in [0.15, 0.2) is 0 Å². The second-order valence-corrected chi connectivity index (χ2v) is 9.44. The number of sulfonamides is 1. The fourth-order valence-electron chi connectivity index (χ4n) is 2.87. The summed E-state index contributed by atoms with van der Waals surface area (Å²) in [6.07, 6.45) is 1.05. The molecule has 1 aliphatic rings. The third-order valence-electron chi connectivity index (χ3n) is 4.91. The Bertz CT molecular complexity index is 736. The molecule has 0 aliphatic carbocycles. The smallest absolute Gasteiger partial charge is 0.243 e. The van der Waals surface area contributed by atoms with Gasteiger partial charge in [0.2, 0.25) is 15.9 Å². The molecule has 1 amide bonds. The van der Waals surface area contributed by atoms with Gasteiger partial charge in [0.05, 0.1) is 4.90 Å². The maximum absolute atomic E-state index is 12.8. The van der Waals surface area contributed by atoms with E-state index in [1.54, 1.807) is 12.1 Å². The van der Waals surface area contributed by atoms with Crippen molar-refractivity contribution in [2.75, 3.05) is 19.6 Å². The summed E-state index contributed by atoms with van der Waals surface area (Å²) in [6.45, 7) is 8.70. The lowest BCUT2D eigenvalue weighted by Crippen LogP contribution is -2.52. The predicted molar refractivity (Wildman–Crippen MR) is 98.7 cm³/mol. The van der Waals surface area contributed by atoms with Gasteiger partial charge in [-0.25, -0.2) is 8.42 Å². The van der Waals surface area contributed by atoms with Crippen LogP contribution in [0.5, 0.6) is 0 Å². The summed E-state index contributed by atoms with van der Waals surface area (Å²) in [5.41, 5.74) is 7.23. The lowest BCUT2D eigenvalue weighted by molar-refractivity contribution is -0.127. The predicted octanol–water partition coefficient (Wildman–Crippen LogP) is 1.56. The Kier molecular flexibility index (Phi) is 5.91. The summed E-state index contributed by atoms with van der Waals surface area (Å²) in [5, 5.41) is 2.94. The number of piperidine rings is 1. The van der Waals surface area contributed by atoms with E-state index < -0.39 is 15.6 Å². The van der Waals surface area contributed by atoms with Crippen molar-refractivity contribution in [1.29, 1.82) is 0 Å². The highest BCUT2D eigenvalue weighted by atomic mass is 32.2. The van der Waals surface area contributed by atoms with Crippen LogP contribution in [0.4, 0.5) is 0 Å². The monoisotopic (exact) mass is 367 g/mol. The average Bonchev–Trinajstić information content (AvgIpc) is 2.57. The number of aryl methyl sites for hydroxylation is 2. The molecule has 0 bridgehead atoms. The van der Waals surface area contributed by atoms with Crippen molar-refractivity contribution in [2.45, 2.75) is 51.0 Å². The Morgan fingerprint density at radius 1 is 1.24 bits per heavy atom. The van der Waals surface area contributed by atoms with Crippen LogP contribution in [0.2, 0.25) is 0 Å². The summed E-state index contributed by atoms with van der Waals surface area (Å²) >= 11 is 0. The first-order valence-corrected chi connectivity index (χ1v) is 10.1. The van der Waals surface area contributed by atoms with Gasteiger partial charge in [-0.2, -0.15) is 4.31 Å². The van der Waals surface area contributed by atoms with Gasteiger partial charge in [0, 0.05) is 31.1 Å². The molecule has 0 spiro atoms. The maximum Gasteiger partial charge on any atom is 0.243 e. The van der Waals surface area contributed by atoms with E-state index in [4.69, 9.17) is 5.73 Å². The highest BCUT2D eigenvalue weighted by molar-refractivity contribution is 7.89. The van der Waals surface area contributed by atoms with Crippen LogP contribution in [0.25, 0.3) is 0 Å². The zero-order valence-electron chi connectivity index (χ0n) is 15.5. The molecule has 25 heavy (non-hydrogen) atoms. The SMILES string of the molecule is Cc1ccc(S(=O)(=O)N2CCC(C(=O)NC(C)(C)CN)CC2)cc1C. The number of carbonyl (C=O) groups excluding carboxylic acids is 1. The normalized spacial score (nSPS) is 17.5. The van der Waals surface area contributed by atoms with Crippen LogP contribution in [0.15, 0.2) is 23.1 Å². The Morgan fingerprint density at radius 2 is 1.84 bits per heavy atom. The number of nitrogens with two attached hydrogens (primary N) is 1. The quantitative estimate of drug-likeness (QED) is 0.826. The summed E-state index contributed by atoms with van der Waals surface area (Å²) in [6, 6.07) is 5.20. The van der Waals surface area contributed by atoms with E-state index in [0.717, 1.165) is 11.1 Å². The average molecular weight is 368 g/mol. The summed E-state index contributed by atoms with van der Waals surface area (Å²) in [4.78, 5) is 12.7. The molecule has 2 rings (SSSR count). The Morgan fingerprint density at radius 3 is 2.36 bits per heavy atom. The minimum Gasteiger partial charge on any atom is -0.350 e. The molecule has 1 aromatic carbocycles. The molecule has 3 N–H and O–H groups in total. The molecule has 6 nitrogen and oxygen atoms in total. The molecule has 0 aromatic heterocycles. The third-order valence-corrected chi connectivity index (χ3v) is 6.81. The van der Waals surface area contributed by atoms with E-state index >= 15 is 0 Å². The number of benzene rings is 1. The lowest BCUT2D eigenvalue weighted by atomic mass is 9.95. The second-order valence-electron chi connectivity index (χ2n) is 7.50. The number of amides is 1. The number of rotatable bonds is 5. The Balaban J connectivity index is 2.03. The highest BCUT2D eigenvalue weighted by Crippen LogP contribution is 2.25. The van der Waals surface area contributed by atoms with Gasteiger partial charge in [-0.05, 0) is 63.8 Å². The molecular weight excluding hydrogens is 338 g/mol. The van der Waals surface area contributed by atoms with Crippen LogP contribution in [0, 0.1) is 19.8 Å². The van der Waals surface area contributed by atoms with Crippen molar-refractivity contribution in [3.8, 4) is 0 Å². The van der Waals surface area contributed by atoms with E-state index in [1.165, 1.54) is 4.31 Å². The second kappa shape index (κ2) is 7.43. The van der Waals surface area contributed by atoms with Crippen molar-refractivity contribution in [3.63, 3.8) is 0 Å². The first kappa shape index (κ1) is 19.9. The van der Waals surface area contributed by atoms with E-state index in [1.807, 2.05) is 33.8 Å². The summed E-state index contributed by atoms with van der Waals surface area (Å²) in [5.74, 6) is -0.212. The number of nitrogens with zero attached hydrogens (tertiary/aromatic N) is 1. The van der Waals surface area contributed by atoms with Crippen LogP contribution in [-0.4, -0.2) is 43.8 Å². The molecule has 0 radical (unpaired) electrons. The van der Waals surface area contributed by atoms with Crippen molar-refractivity contribution in [1.82, 2.24) is 9.62 Å². The maximum atomic E-state index is 12.8. The van der Waals surface area contributed by atoms with Gasteiger partial charge in [0.25, 0.3) is 0 Å². The fraction of sp³-hybridized carbons (Fsp3) is 0.611. The third kappa shape index (κ3) is 4.59. The minimum atomic E-state index is -3.51. The molecule has 0 saturated carbocycles. The lowest BCUT2D eigenvalue weighted by Gasteiger charge is -2.33. The van der Waals surface area contributed by atoms with E-state index in [2.05, 4.69) is 5.32 Å². The number of carbonyl (C=O) groups is 1. The van der Waals surface area contributed by atoms with Crippen LogP contribution < -0.4 is 11.1 Å². The zero-order valence-corrected chi connectivity index (χ0v) is 16.3. The zero-order chi connectivity index (χ0) is 18.8. The summed E-state index contributed by atoms with van der Waals surface area (Å²) < 4.78 is 27.1. The van der Waals surface area contributed by atoms with E-state index in [9.17, 15) is 13.2 Å². The summed E-state index contributed by atoms with van der Waals surface area (Å²) in [7, 11) is -3.51. The van der Waals surface area contributed by atoms with Crippen molar-refractivity contribution in [3.05, 3.63) is 29.3 Å². The first-order chi connectivity index (χ1) is 11.6. The molecule has 1 fully saturated rings. The standard InChI is InChI=1S/C18H29N3O3S/c1-13-5-6-16(11-14(13)2)25(23,24)21-9-7-15(8-10-21)17(22)20-18(3,4)12-19/h5-6,11,15H,7-10,12,19H2,1-4H3,(H,20,22). The molecule has 0 unspecified atom stereocenters. The van der Waals surface area contributed by atoms with Gasteiger partial charge in [-0.1, -0.05) is 6.07 Å². The van der Waals surface area contributed by atoms with E-state index in [-0.39, 0.29) is 11.8 Å². The molecule has 7 heteroatoms. The van der Waals surface area contributed by atoms with E-state index in [0.29, 0.717) is 37.4 Å². The van der Waals surface area contributed by atoms with Crippen molar-refractivity contribution in [2.24, 2.45) is 11.7 Å². The van der Waals surface area contributed by atoms with Gasteiger partial charge in [-0.3, -0.25) is 4.79 Å². The largest absolute Gasteiger partial charge is 0.350 e. The molecule has 1 saturated heterocycles. The molecule has 140 valence electrons. The highest BCUT2D eigenvalue weighted by Gasteiger charge is 2.33. The topological polar surface area (TPSA) is 92.5 Å². The van der Waals surface area contributed by atoms with Crippen molar-refractivity contribution >= 4 is 15.9 Å².